The summed E-state index contributed by atoms with van der Waals surface area (Å²) in [5, 5.41) is 0. The van der Waals surface area contributed by atoms with Gasteiger partial charge in [-0.15, -0.1) is 0 Å². The average Bonchev–Trinajstić information content (AvgIpc) is 2.52. The highest BCUT2D eigenvalue weighted by Gasteiger charge is 2.49. The van der Waals surface area contributed by atoms with Crippen LogP contribution in [0.15, 0.2) is 18.2 Å². The molecule has 3 nitrogen and oxygen atoms in total. The fourth-order valence-electron chi connectivity index (χ4n) is 4.40. The molecule has 0 aliphatic heterocycles. The summed E-state index contributed by atoms with van der Waals surface area (Å²) in [6.07, 6.45) is 5.33. The standard InChI is InChI=1S/C18H24O3/c1-18(17(19)21-3)8-4-5-13-9-12-6-7-15(20-2)10-14(12)11-16(13)18/h6-7,10,13,16H,4-5,8-9,11H2,1-3H3/t13-,16-,18-/m1/s1. The Morgan fingerprint density at radius 2 is 2.05 bits per heavy atom. The molecule has 2 aliphatic rings. The Balaban J connectivity index is 1.95. The smallest absolute Gasteiger partial charge is 0.311 e. The summed E-state index contributed by atoms with van der Waals surface area (Å²) in [5.74, 6) is 1.85. The molecule has 1 saturated carbocycles. The number of fused-ring (bicyclic) bond motifs is 2. The summed E-state index contributed by atoms with van der Waals surface area (Å²) < 4.78 is 10.5. The summed E-state index contributed by atoms with van der Waals surface area (Å²) in [7, 11) is 3.21. The van der Waals surface area contributed by atoms with Gasteiger partial charge >= 0.3 is 5.97 Å². The first-order valence-electron chi connectivity index (χ1n) is 7.82. The Morgan fingerprint density at radius 3 is 2.76 bits per heavy atom. The first-order chi connectivity index (χ1) is 10.1. The lowest BCUT2D eigenvalue weighted by molar-refractivity contribution is -0.160. The van der Waals surface area contributed by atoms with Crippen molar-refractivity contribution in [2.45, 2.75) is 39.0 Å². The van der Waals surface area contributed by atoms with E-state index in [1.807, 2.05) is 6.07 Å². The second-order valence-corrected chi connectivity index (χ2v) is 6.71. The molecule has 0 aromatic heterocycles. The van der Waals surface area contributed by atoms with Gasteiger partial charge in [0, 0.05) is 0 Å². The lowest BCUT2D eigenvalue weighted by Crippen LogP contribution is -2.46. The van der Waals surface area contributed by atoms with Crippen molar-refractivity contribution < 1.29 is 14.3 Å². The third kappa shape index (κ3) is 2.33. The normalized spacial score (nSPS) is 31.0. The molecule has 0 radical (unpaired) electrons. The van der Waals surface area contributed by atoms with E-state index >= 15 is 0 Å². The highest BCUT2D eigenvalue weighted by Crippen LogP contribution is 2.50. The number of ether oxygens (including phenoxy) is 2. The van der Waals surface area contributed by atoms with Crippen molar-refractivity contribution in [1.82, 2.24) is 0 Å². The Bertz CT molecular complexity index is 551. The van der Waals surface area contributed by atoms with Crippen LogP contribution in [-0.4, -0.2) is 20.2 Å². The van der Waals surface area contributed by atoms with E-state index in [9.17, 15) is 4.79 Å². The van der Waals surface area contributed by atoms with Gasteiger partial charge in [0.05, 0.1) is 19.6 Å². The molecule has 21 heavy (non-hydrogen) atoms. The van der Waals surface area contributed by atoms with Crippen molar-refractivity contribution in [3.63, 3.8) is 0 Å². The molecule has 0 saturated heterocycles. The number of benzene rings is 1. The predicted molar refractivity (Wildman–Crippen MR) is 81.4 cm³/mol. The molecule has 0 amide bonds. The van der Waals surface area contributed by atoms with Gasteiger partial charge in [0.25, 0.3) is 0 Å². The maximum absolute atomic E-state index is 12.3. The third-order valence-corrected chi connectivity index (χ3v) is 5.65. The zero-order valence-electron chi connectivity index (χ0n) is 13.1. The first kappa shape index (κ1) is 14.4. The van der Waals surface area contributed by atoms with Crippen molar-refractivity contribution in [2.75, 3.05) is 14.2 Å². The number of carbonyl (C=O) groups is 1. The molecule has 0 N–H and O–H groups in total. The van der Waals surface area contributed by atoms with Crippen LogP contribution in [0.2, 0.25) is 0 Å². The van der Waals surface area contributed by atoms with Crippen LogP contribution in [0.4, 0.5) is 0 Å². The number of hydrogen-bond acceptors (Lipinski definition) is 3. The summed E-state index contributed by atoms with van der Waals surface area (Å²) >= 11 is 0. The summed E-state index contributed by atoms with van der Waals surface area (Å²) in [5.41, 5.74) is 2.43. The molecule has 3 rings (SSSR count). The van der Waals surface area contributed by atoms with Gasteiger partial charge in [-0.2, -0.15) is 0 Å². The maximum atomic E-state index is 12.3. The van der Waals surface area contributed by atoms with E-state index < -0.39 is 0 Å². The largest absolute Gasteiger partial charge is 0.497 e. The minimum Gasteiger partial charge on any atom is -0.497 e. The molecule has 114 valence electrons. The summed E-state index contributed by atoms with van der Waals surface area (Å²) in [6.45, 7) is 2.10. The highest BCUT2D eigenvalue weighted by atomic mass is 16.5. The average molecular weight is 288 g/mol. The van der Waals surface area contributed by atoms with Crippen LogP contribution in [0.5, 0.6) is 5.75 Å². The molecule has 2 aliphatic carbocycles. The fraction of sp³-hybridized carbons (Fsp3) is 0.611. The van der Waals surface area contributed by atoms with E-state index in [0.29, 0.717) is 11.8 Å². The van der Waals surface area contributed by atoms with E-state index in [2.05, 4.69) is 19.1 Å². The number of hydrogen-bond donors (Lipinski definition) is 0. The molecule has 0 unspecified atom stereocenters. The summed E-state index contributed by atoms with van der Waals surface area (Å²) in [6, 6.07) is 6.37. The third-order valence-electron chi connectivity index (χ3n) is 5.65. The molecule has 0 heterocycles. The van der Waals surface area contributed by atoms with Crippen molar-refractivity contribution >= 4 is 5.97 Å². The van der Waals surface area contributed by atoms with Gasteiger partial charge in [0.2, 0.25) is 0 Å². The van der Waals surface area contributed by atoms with Gasteiger partial charge in [-0.1, -0.05) is 12.5 Å². The molecule has 1 aromatic carbocycles. The van der Waals surface area contributed by atoms with Crippen molar-refractivity contribution in [3.8, 4) is 5.75 Å². The zero-order chi connectivity index (χ0) is 15.0. The van der Waals surface area contributed by atoms with Crippen molar-refractivity contribution in [3.05, 3.63) is 29.3 Å². The molecule has 0 spiro atoms. The van der Waals surface area contributed by atoms with Crippen LogP contribution in [-0.2, 0) is 22.4 Å². The Morgan fingerprint density at radius 1 is 1.24 bits per heavy atom. The molecule has 3 heteroatoms. The molecule has 1 aromatic rings. The van der Waals surface area contributed by atoms with Crippen LogP contribution >= 0.6 is 0 Å². The Hall–Kier alpha value is -1.51. The van der Waals surface area contributed by atoms with Gasteiger partial charge in [-0.3, -0.25) is 4.79 Å². The second kappa shape index (κ2) is 5.36. The van der Waals surface area contributed by atoms with Gasteiger partial charge in [-0.25, -0.2) is 0 Å². The Kier molecular flexibility index (Phi) is 3.68. The predicted octanol–water partition coefficient (Wildman–Crippen LogP) is 3.39. The summed E-state index contributed by atoms with van der Waals surface area (Å²) in [4.78, 5) is 12.3. The van der Waals surface area contributed by atoms with Gasteiger partial charge in [0.15, 0.2) is 0 Å². The maximum Gasteiger partial charge on any atom is 0.311 e. The number of esters is 1. The van der Waals surface area contributed by atoms with Gasteiger partial charge in [-0.05, 0) is 67.7 Å². The van der Waals surface area contributed by atoms with E-state index in [-0.39, 0.29) is 11.4 Å². The van der Waals surface area contributed by atoms with Gasteiger partial charge in [0.1, 0.15) is 5.75 Å². The van der Waals surface area contributed by atoms with Crippen LogP contribution in [0.3, 0.4) is 0 Å². The first-order valence-corrected chi connectivity index (χ1v) is 7.82. The lowest BCUT2D eigenvalue weighted by atomic mass is 9.57. The number of methoxy groups -OCH3 is 2. The van der Waals surface area contributed by atoms with Gasteiger partial charge < -0.3 is 9.47 Å². The van der Waals surface area contributed by atoms with Crippen LogP contribution in [0.25, 0.3) is 0 Å². The molecular formula is C18H24O3. The van der Waals surface area contributed by atoms with Crippen molar-refractivity contribution in [2.24, 2.45) is 17.3 Å². The molecule has 3 atom stereocenters. The minimum absolute atomic E-state index is 0.0384. The van der Waals surface area contributed by atoms with E-state index in [0.717, 1.165) is 31.4 Å². The fourth-order valence-corrected chi connectivity index (χ4v) is 4.40. The molecular weight excluding hydrogens is 264 g/mol. The van der Waals surface area contributed by atoms with E-state index in [1.165, 1.54) is 24.7 Å². The number of carbonyl (C=O) groups excluding carboxylic acids is 1. The monoisotopic (exact) mass is 288 g/mol. The molecule has 0 bridgehead atoms. The van der Waals surface area contributed by atoms with E-state index in [4.69, 9.17) is 9.47 Å². The lowest BCUT2D eigenvalue weighted by Gasteiger charge is -2.47. The molecule has 1 fully saturated rings. The van der Waals surface area contributed by atoms with E-state index in [1.54, 1.807) is 7.11 Å². The second-order valence-electron chi connectivity index (χ2n) is 6.71. The van der Waals surface area contributed by atoms with Crippen LogP contribution in [0, 0.1) is 17.3 Å². The highest BCUT2D eigenvalue weighted by molar-refractivity contribution is 5.77. The topological polar surface area (TPSA) is 35.5 Å². The van der Waals surface area contributed by atoms with Crippen molar-refractivity contribution in [1.29, 1.82) is 0 Å². The SMILES string of the molecule is COC(=O)[C@]1(C)CCC[C@@H]2Cc3ccc(OC)cc3C[C@H]21. The van der Waals surface area contributed by atoms with Crippen LogP contribution < -0.4 is 4.74 Å². The number of rotatable bonds is 2. The zero-order valence-corrected chi connectivity index (χ0v) is 13.1. The Labute approximate surface area is 126 Å². The van der Waals surface area contributed by atoms with Crippen LogP contribution in [0.1, 0.15) is 37.3 Å². The minimum atomic E-state index is -0.335. The quantitative estimate of drug-likeness (QED) is 0.783.